The number of halogens is 1. The fourth-order valence-corrected chi connectivity index (χ4v) is 2.71. The van der Waals surface area contributed by atoms with Crippen LogP contribution in [0.1, 0.15) is 25.7 Å². The Morgan fingerprint density at radius 1 is 1.33 bits per heavy atom. The molecule has 2 rings (SSSR count). The summed E-state index contributed by atoms with van der Waals surface area (Å²) in [4.78, 5) is 25.1. The summed E-state index contributed by atoms with van der Waals surface area (Å²) < 4.78 is 5.44. The van der Waals surface area contributed by atoms with E-state index in [1.807, 2.05) is 0 Å². The van der Waals surface area contributed by atoms with Crippen molar-refractivity contribution >= 4 is 29.9 Å². The number of nitrogens with two attached hydrogens (primary N) is 1. The monoisotopic (exact) mass is 355 g/mol. The molecule has 0 aromatic heterocycles. The molecule has 0 radical (unpaired) electrons. The third-order valence-electron chi connectivity index (χ3n) is 4.14. The number of amides is 2. The molecule has 0 aliphatic heterocycles. The van der Waals surface area contributed by atoms with Crippen molar-refractivity contribution in [1.29, 1.82) is 0 Å². The smallest absolute Gasteiger partial charge is 0.259 e. The summed E-state index contributed by atoms with van der Waals surface area (Å²) in [5.74, 6) is 0.672. The highest BCUT2D eigenvalue weighted by Crippen LogP contribution is 2.27. The van der Waals surface area contributed by atoms with Gasteiger partial charge in [-0.1, -0.05) is 12.5 Å². The Bertz CT molecular complexity index is 566. The Labute approximate surface area is 149 Å². The molecule has 0 bridgehead atoms. The molecule has 2 atom stereocenters. The number of nitrogens with one attached hydrogen (secondary N) is 1. The molecular weight excluding hydrogens is 330 g/mol. The normalized spacial score (nSPS) is 19.3. The summed E-state index contributed by atoms with van der Waals surface area (Å²) in [6, 6.07) is 7.19. The van der Waals surface area contributed by atoms with E-state index in [0.717, 1.165) is 19.3 Å². The average Bonchev–Trinajstić information content (AvgIpc) is 2.90. The number of carbonyl (C=O) groups excluding carboxylic acids is 2. The van der Waals surface area contributed by atoms with Crippen LogP contribution in [0.25, 0.3) is 0 Å². The Balaban J connectivity index is 0.00000288. The lowest BCUT2D eigenvalue weighted by molar-refractivity contribution is -0.130. The van der Waals surface area contributed by atoms with E-state index in [-0.39, 0.29) is 42.8 Å². The van der Waals surface area contributed by atoms with Crippen LogP contribution in [0.2, 0.25) is 0 Å². The third kappa shape index (κ3) is 6.02. The van der Waals surface area contributed by atoms with Crippen molar-refractivity contribution < 1.29 is 14.3 Å². The van der Waals surface area contributed by atoms with Gasteiger partial charge in [-0.05, 0) is 30.9 Å². The number of nitrogens with zero attached hydrogens (tertiary/aromatic N) is 1. The second-order valence-electron chi connectivity index (χ2n) is 6.21. The molecule has 3 N–H and O–H groups in total. The van der Waals surface area contributed by atoms with E-state index in [9.17, 15) is 9.59 Å². The molecule has 2 amide bonds. The third-order valence-corrected chi connectivity index (χ3v) is 4.14. The van der Waals surface area contributed by atoms with Crippen molar-refractivity contribution in [3.05, 3.63) is 24.3 Å². The van der Waals surface area contributed by atoms with Crippen LogP contribution >= 0.6 is 12.4 Å². The Morgan fingerprint density at radius 3 is 2.71 bits per heavy atom. The first-order valence-electron chi connectivity index (χ1n) is 7.94. The summed E-state index contributed by atoms with van der Waals surface area (Å²) in [5.41, 5.74) is 6.66. The molecular formula is C17H26ClN3O3. The maximum atomic E-state index is 12.1. The second kappa shape index (κ2) is 9.49. The molecule has 6 nitrogen and oxygen atoms in total. The lowest BCUT2D eigenvalue weighted by atomic mass is 10.00. The number of hydrogen-bond donors (Lipinski definition) is 2. The predicted molar refractivity (Wildman–Crippen MR) is 96.4 cm³/mol. The standard InChI is InChI=1S/C17H25N3O3.ClH/c1-20(2)17(22)11-23-14-7-4-6-13(10-14)19-16(21)9-12-5-3-8-15(12)18;/h4,6-7,10,12,15H,3,5,8-9,11,18H2,1-2H3,(H,19,21);1H/t12-,15+;/m0./s1. The van der Waals surface area contributed by atoms with Gasteiger partial charge in [0.2, 0.25) is 5.91 Å². The van der Waals surface area contributed by atoms with Crippen LogP contribution in [0.3, 0.4) is 0 Å². The molecule has 1 aromatic carbocycles. The zero-order valence-electron chi connectivity index (χ0n) is 14.2. The molecule has 7 heteroatoms. The zero-order chi connectivity index (χ0) is 16.8. The van der Waals surface area contributed by atoms with E-state index in [0.29, 0.717) is 17.9 Å². The van der Waals surface area contributed by atoms with Gasteiger partial charge in [-0.3, -0.25) is 9.59 Å². The minimum absolute atomic E-state index is 0. The van der Waals surface area contributed by atoms with Crippen molar-refractivity contribution in [2.45, 2.75) is 31.7 Å². The summed E-state index contributed by atoms with van der Waals surface area (Å²) in [5, 5.41) is 2.87. The number of benzene rings is 1. The second-order valence-corrected chi connectivity index (χ2v) is 6.21. The van der Waals surface area contributed by atoms with Crippen molar-refractivity contribution in [3.63, 3.8) is 0 Å². The zero-order valence-corrected chi connectivity index (χ0v) is 15.0. The summed E-state index contributed by atoms with van der Waals surface area (Å²) in [6.07, 6.45) is 3.57. The van der Waals surface area contributed by atoms with E-state index in [2.05, 4.69) is 5.32 Å². The summed E-state index contributed by atoms with van der Waals surface area (Å²) in [7, 11) is 3.35. The van der Waals surface area contributed by atoms with Crippen molar-refractivity contribution in [2.75, 3.05) is 26.0 Å². The molecule has 1 saturated carbocycles. The van der Waals surface area contributed by atoms with E-state index in [1.54, 1.807) is 38.4 Å². The van der Waals surface area contributed by atoms with Crippen LogP contribution in [0.5, 0.6) is 5.75 Å². The first-order valence-corrected chi connectivity index (χ1v) is 7.94. The molecule has 0 spiro atoms. The highest BCUT2D eigenvalue weighted by atomic mass is 35.5. The van der Waals surface area contributed by atoms with Gasteiger partial charge in [0.05, 0.1) is 0 Å². The predicted octanol–water partition coefficient (Wildman–Crippen LogP) is 2.03. The lowest BCUT2D eigenvalue weighted by Crippen LogP contribution is -2.28. The van der Waals surface area contributed by atoms with Crippen molar-refractivity contribution in [1.82, 2.24) is 4.90 Å². The van der Waals surface area contributed by atoms with Crippen LogP contribution in [0.15, 0.2) is 24.3 Å². The van der Waals surface area contributed by atoms with E-state index < -0.39 is 0 Å². The molecule has 1 aromatic rings. The Hall–Kier alpha value is -1.79. The molecule has 134 valence electrons. The van der Waals surface area contributed by atoms with Crippen LogP contribution in [-0.2, 0) is 9.59 Å². The fourth-order valence-electron chi connectivity index (χ4n) is 2.71. The molecule has 0 heterocycles. The number of anilines is 1. The van der Waals surface area contributed by atoms with Gasteiger partial charge in [-0.2, -0.15) is 0 Å². The maximum absolute atomic E-state index is 12.1. The van der Waals surface area contributed by atoms with Gasteiger partial charge in [-0.25, -0.2) is 0 Å². The SMILES string of the molecule is CN(C)C(=O)COc1cccc(NC(=O)C[C@@H]2CCC[C@H]2N)c1.Cl. The van der Waals surface area contributed by atoms with Gasteiger partial charge in [0, 0.05) is 38.3 Å². The van der Waals surface area contributed by atoms with Crippen LogP contribution in [0, 0.1) is 5.92 Å². The van der Waals surface area contributed by atoms with E-state index in [4.69, 9.17) is 10.5 Å². The van der Waals surface area contributed by atoms with Crippen LogP contribution in [0.4, 0.5) is 5.69 Å². The molecule has 1 aliphatic carbocycles. The van der Waals surface area contributed by atoms with Gasteiger partial charge in [0.25, 0.3) is 5.91 Å². The van der Waals surface area contributed by atoms with Crippen molar-refractivity contribution in [2.24, 2.45) is 11.7 Å². The molecule has 0 saturated heterocycles. The van der Waals surface area contributed by atoms with Gasteiger partial charge < -0.3 is 20.7 Å². The molecule has 0 unspecified atom stereocenters. The van der Waals surface area contributed by atoms with Crippen LogP contribution < -0.4 is 15.8 Å². The number of hydrogen-bond acceptors (Lipinski definition) is 4. The largest absolute Gasteiger partial charge is 0.484 e. The van der Waals surface area contributed by atoms with E-state index >= 15 is 0 Å². The van der Waals surface area contributed by atoms with Crippen molar-refractivity contribution in [3.8, 4) is 5.75 Å². The van der Waals surface area contributed by atoms with Crippen LogP contribution in [-0.4, -0.2) is 43.5 Å². The number of carbonyl (C=O) groups is 2. The maximum Gasteiger partial charge on any atom is 0.259 e. The van der Waals surface area contributed by atoms with Gasteiger partial charge in [-0.15, -0.1) is 12.4 Å². The quantitative estimate of drug-likeness (QED) is 0.817. The lowest BCUT2D eigenvalue weighted by Gasteiger charge is -2.15. The topological polar surface area (TPSA) is 84.7 Å². The summed E-state index contributed by atoms with van der Waals surface area (Å²) in [6.45, 7) is -0.0265. The van der Waals surface area contributed by atoms with Gasteiger partial charge in [0.1, 0.15) is 5.75 Å². The first kappa shape index (κ1) is 20.3. The molecule has 1 fully saturated rings. The first-order chi connectivity index (χ1) is 11.0. The van der Waals surface area contributed by atoms with Gasteiger partial charge >= 0.3 is 0 Å². The number of rotatable bonds is 6. The highest BCUT2D eigenvalue weighted by Gasteiger charge is 2.26. The number of likely N-dealkylation sites (N-methyl/N-ethyl adjacent to an activating group) is 1. The Morgan fingerprint density at radius 2 is 2.08 bits per heavy atom. The molecule has 1 aliphatic rings. The van der Waals surface area contributed by atoms with E-state index in [1.165, 1.54) is 4.90 Å². The molecule has 24 heavy (non-hydrogen) atoms. The number of ether oxygens (including phenoxy) is 1. The Kier molecular flexibility index (Phi) is 8.01. The fraction of sp³-hybridized carbons (Fsp3) is 0.529. The minimum Gasteiger partial charge on any atom is -0.484 e. The van der Waals surface area contributed by atoms with Gasteiger partial charge in [0.15, 0.2) is 6.61 Å². The average molecular weight is 356 g/mol. The minimum atomic E-state index is -0.116. The highest BCUT2D eigenvalue weighted by molar-refractivity contribution is 5.91. The summed E-state index contributed by atoms with van der Waals surface area (Å²) >= 11 is 0.